The van der Waals surface area contributed by atoms with Crippen molar-refractivity contribution in [2.45, 2.75) is 38.3 Å². The second-order valence-corrected chi connectivity index (χ2v) is 10.5. The van der Waals surface area contributed by atoms with Gasteiger partial charge in [-0.05, 0) is 43.7 Å². The van der Waals surface area contributed by atoms with E-state index in [1.54, 1.807) is 13.0 Å². The van der Waals surface area contributed by atoms with Crippen LogP contribution in [0.4, 0.5) is 5.69 Å². The molecule has 0 unspecified atom stereocenters. The van der Waals surface area contributed by atoms with Crippen molar-refractivity contribution >= 4 is 26.8 Å². The van der Waals surface area contributed by atoms with Gasteiger partial charge in [-0.15, -0.1) is 0 Å². The number of fused-ring (bicyclic) bond motifs is 1. The van der Waals surface area contributed by atoms with Gasteiger partial charge < -0.3 is 13.8 Å². The minimum Gasteiger partial charge on any atom is -0.408 e. The molecule has 10 nitrogen and oxygen atoms in total. The number of sulfonamides is 1. The van der Waals surface area contributed by atoms with Crippen LogP contribution in [-0.2, 0) is 16.6 Å². The van der Waals surface area contributed by atoms with Gasteiger partial charge in [0.15, 0.2) is 11.4 Å². The first-order valence-electron chi connectivity index (χ1n) is 11.0. The minimum absolute atomic E-state index is 0.00601. The number of anilines is 1. The van der Waals surface area contributed by atoms with E-state index >= 15 is 0 Å². The zero-order valence-corrected chi connectivity index (χ0v) is 19.9. The zero-order valence-electron chi connectivity index (χ0n) is 19.1. The molecule has 0 N–H and O–H groups in total. The molecule has 178 valence electrons. The number of hydrogen-bond acceptors (Lipinski definition) is 8. The lowest BCUT2D eigenvalue weighted by Gasteiger charge is -2.40. The third-order valence-corrected chi connectivity index (χ3v) is 7.93. The lowest BCUT2D eigenvalue weighted by atomic mass is 10.1. The molecule has 1 saturated heterocycles. The molecule has 0 spiro atoms. The van der Waals surface area contributed by atoms with E-state index in [0.29, 0.717) is 36.9 Å². The fraction of sp³-hybridized carbons (Fsp3) is 0.348. The molecule has 1 fully saturated rings. The van der Waals surface area contributed by atoms with Crippen molar-refractivity contribution in [2.75, 3.05) is 24.5 Å². The average molecular weight is 484 g/mol. The Labute approximate surface area is 196 Å². The Kier molecular flexibility index (Phi) is 5.53. The van der Waals surface area contributed by atoms with Crippen LogP contribution in [0.3, 0.4) is 0 Å². The summed E-state index contributed by atoms with van der Waals surface area (Å²) in [6.45, 7) is 7.09. The number of aryl methyl sites for hydroxylation is 2. The van der Waals surface area contributed by atoms with Crippen LogP contribution in [-0.4, -0.2) is 53.1 Å². The highest BCUT2D eigenvalue weighted by atomic mass is 32.2. The smallest absolute Gasteiger partial charge is 0.408 e. The van der Waals surface area contributed by atoms with E-state index in [1.807, 2.05) is 32.0 Å². The van der Waals surface area contributed by atoms with Gasteiger partial charge in [-0.3, -0.25) is 4.57 Å². The Balaban J connectivity index is 1.39. The molecular formula is C23H25N5O5S. The molecule has 2 aromatic heterocycles. The molecule has 2 aromatic carbocycles. The van der Waals surface area contributed by atoms with Crippen LogP contribution in [0.2, 0.25) is 0 Å². The molecule has 0 bridgehead atoms. The van der Waals surface area contributed by atoms with Crippen molar-refractivity contribution in [3.05, 3.63) is 70.3 Å². The van der Waals surface area contributed by atoms with Crippen molar-refractivity contribution < 1.29 is 17.4 Å². The van der Waals surface area contributed by atoms with E-state index in [2.05, 4.69) is 21.1 Å². The molecule has 34 heavy (non-hydrogen) atoms. The largest absolute Gasteiger partial charge is 0.420 e. The Bertz CT molecular complexity index is 1520. The van der Waals surface area contributed by atoms with Gasteiger partial charge in [0.1, 0.15) is 0 Å². The lowest BCUT2D eigenvalue weighted by molar-refractivity contribution is 0.342. The quantitative estimate of drug-likeness (QED) is 0.425. The van der Waals surface area contributed by atoms with Crippen molar-refractivity contribution in [3.8, 4) is 0 Å². The van der Waals surface area contributed by atoms with Crippen LogP contribution >= 0.6 is 0 Å². The van der Waals surface area contributed by atoms with Crippen LogP contribution in [0, 0.1) is 13.8 Å². The topological polar surface area (TPSA) is 115 Å². The van der Waals surface area contributed by atoms with Crippen molar-refractivity contribution in [1.82, 2.24) is 19.0 Å². The first-order valence-corrected chi connectivity index (χ1v) is 12.4. The van der Waals surface area contributed by atoms with E-state index in [9.17, 15) is 13.2 Å². The van der Waals surface area contributed by atoms with Gasteiger partial charge in [-0.25, -0.2) is 13.2 Å². The number of rotatable bonds is 5. The van der Waals surface area contributed by atoms with Gasteiger partial charge in [0.05, 0.1) is 17.0 Å². The number of nitrogens with zero attached hydrogens (tertiary/aromatic N) is 5. The van der Waals surface area contributed by atoms with Crippen molar-refractivity contribution in [1.29, 1.82) is 0 Å². The van der Waals surface area contributed by atoms with Crippen LogP contribution in [0.5, 0.6) is 0 Å². The van der Waals surface area contributed by atoms with Crippen molar-refractivity contribution in [2.24, 2.45) is 0 Å². The summed E-state index contributed by atoms with van der Waals surface area (Å²) in [5, 5.41) is 3.80. The van der Waals surface area contributed by atoms with Crippen LogP contribution in [0.25, 0.3) is 11.1 Å². The highest BCUT2D eigenvalue weighted by Crippen LogP contribution is 2.27. The highest BCUT2D eigenvalue weighted by molar-refractivity contribution is 7.89. The van der Waals surface area contributed by atoms with E-state index < -0.39 is 15.8 Å². The zero-order chi connectivity index (χ0) is 24.0. The van der Waals surface area contributed by atoms with Crippen molar-refractivity contribution in [3.63, 3.8) is 0 Å². The van der Waals surface area contributed by atoms with E-state index in [1.165, 1.54) is 21.0 Å². The van der Waals surface area contributed by atoms with E-state index in [-0.39, 0.29) is 23.1 Å². The number of aromatic nitrogens is 3. The summed E-state index contributed by atoms with van der Waals surface area (Å²) in [5.41, 5.74) is 2.91. The van der Waals surface area contributed by atoms with Gasteiger partial charge in [0.2, 0.25) is 15.9 Å². The summed E-state index contributed by atoms with van der Waals surface area (Å²) < 4.78 is 39.9. The van der Waals surface area contributed by atoms with Gasteiger partial charge in [-0.2, -0.15) is 9.29 Å². The Hall–Kier alpha value is -3.44. The maximum atomic E-state index is 13.4. The molecule has 1 atom stereocenters. The van der Waals surface area contributed by atoms with Crippen LogP contribution in [0.1, 0.15) is 24.2 Å². The summed E-state index contributed by atoms with van der Waals surface area (Å²) in [6, 6.07) is 12.7. The third-order valence-electron chi connectivity index (χ3n) is 6.07. The summed E-state index contributed by atoms with van der Waals surface area (Å²) >= 11 is 0. The minimum atomic E-state index is -3.76. The normalized spacial score (nSPS) is 17.5. The predicted molar refractivity (Wildman–Crippen MR) is 125 cm³/mol. The Morgan fingerprint density at radius 2 is 1.94 bits per heavy atom. The average Bonchev–Trinajstić information content (AvgIpc) is 3.35. The number of hydrogen-bond donors (Lipinski definition) is 0. The summed E-state index contributed by atoms with van der Waals surface area (Å²) in [5.74, 6) is 0.104. The number of oxazole rings is 1. The van der Waals surface area contributed by atoms with E-state index in [4.69, 9.17) is 8.94 Å². The maximum absolute atomic E-state index is 13.4. The molecule has 3 heterocycles. The Morgan fingerprint density at radius 3 is 2.65 bits per heavy atom. The molecule has 0 radical (unpaired) electrons. The summed E-state index contributed by atoms with van der Waals surface area (Å²) in [6.07, 6.45) is 0. The fourth-order valence-electron chi connectivity index (χ4n) is 4.39. The number of benzene rings is 2. The standard InChI is InChI=1S/C23H25N5O5S/c1-15-5-4-6-18(11-15)27-10-9-26(13-16(27)2)34(30,31)19-7-8-20-21(12-19)32-23(29)28(20)14-22-24-17(3)33-25-22/h4-8,11-12,16H,9-10,13-14H2,1-3H3/t16-/m1/s1. The SMILES string of the molecule is Cc1cccc(N2CCN(S(=O)(=O)c3ccc4c(c3)oc(=O)n4Cc3noc(C)n3)C[C@H]2C)c1. The second kappa shape index (κ2) is 8.41. The van der Waals surface area contributed by atoms with Gasteiger partial charge in [0.25, 0.3) is 0 Å². The molecule has 0 aliphatic carbocycles. The first kappa shape index (κ1) is 22.4. The number of piperazine rings is 1. The van der Waals surface area contributed by atoms with Gasteiger partial charge >= 0.3 is 5.76 Å². The van der Waals surface area contributed by atoms with Crippen LogP contribution in [0.15, 0.2) is 61.1 Å². The summed E-state index contributed by atoms with van der Waals surface area (Å²) in [7, 11) is -3.76. The molecule has 4 aromatic rings. The second-order valence-electron chi connectivity index (χ2n) is 8.56. The molecule has 1 aliphatic rings. The molecular weight excluding hydrogens is 458 g/mol. The maximum Gasteiger partial charge on any atom is 0.420 e. The van der Waals surface area contributed by atoms with Crippen LogP contribution < -0.4 is 10.7 Å². The van der Waals surface area contributed by atoms with Gasteiger partial charge in [-0.1, -0.05) is 17.3 Å². The third kappa shape index (κ3) is 4.01. The predicted octanol–water partition coefficient (Wildman–Crippen LogP) is 2.54. The highest BCUT2D eigenvalue weighted by Gasteiger charge is 2.33. The first-order chi connectivity index (χ1) is 16.2. The molecule has 1 aliphatic heterocycles. The molecule has 0 amide bonds. The van der Waals surface area contributed by atoms with Gasteiger partial charge in [0, 0.05) is 44.4 Å². The molecule has 0 saturated carbocycles. The summed E-state index contributed by atoms with van der Waals surface area (Å²) in [4.78, 5) is 18.8. The van der Waals surface area contributed by atoms with E-state index in [0.717, 1.165) is 11.3 Å². The monoisotopic (exact) mass is 483 g/mol. The Morgan fingerprint density at radius 1 is 1.12 bits per heavy atom. The lowest BCUT2D eigenvalue weighted by Crippen LogP contribution is -2.53. The fourth-order valence-corrected chi connectivity index (χ4v) is 5.91. The molecule has 5 rings (SSSR count). The molecule has 11 heteroatoms.